The van der Waals surface area contributed by atoms with Crippen LogP contribution >= 0.6 is 11.3 Å². The molecule has 0 aliphatic carbocycles. The summed E-state index contributed by atoms with van der Waals surface area (Å²) in [6.07, 6.45) is 2.66. The van der Waals surface area contributed by atoms with Crippen molar-refractivity contribution in [3.05, 3.63) is 11.1 Å². The maximum atomic E-state index is 11.6. The van der Waals surface area contributed by atoms with Crippen molar-refractivity contribution in [1.82, 2.24) is 15.2 Å². The zero-order chi connectivity index (χ0) is 14.8. The Kier molecular flexibility index (Phi) is 4.57. The molecule has 0 bridgehead atoms. The number of hydrogen-bond acceptors (Lipinski definition) is 5. The molecule has 0 saturated carbocycles. The summed E-state index contributed by atoms with van der Waals surface area (Å²) in [5.74, 6) is 0.871. The van der Waals surface area contributed by atoms with Crippen LogP contribution in [0.15, 0.2) is 5.38 Å². The summed E-state index contributed by atoms with van der Waals surface area (Å²) in [5.41, 5.74) is 1.09. The van der Waals surface area contributed by atoms with Crippen LogP contribution in [0.2, 0.25) is 0 Å². The van der Waals surface area contributed by atoms with Gasteiger partial charge in [0.1, 0.15) is 0 Å². The molecule has 3 rings (SSSR count). The van der Waals surface area contributed by atoms with Gasteiger partial charge in [0.2, 0.25) is 5.91 Å². The Labute approximate surface area is 130 Å². The second-order valence-electron chi connectivity index (χ2n) is 6.04. The number of amides is 1. The summed E-state index contributed by atoms with van der Waals surface area (Å²) in [7, 11) is 0. The Morgan fingerprint density at radius 2 is 2.43 bits per heavy atom. The van der Waals surface area contributed by atoms with Crippen LogP contribution in [0.1, 0.15) is 32.4 Å². The third-order valence-corrected chi connectivity index (χ3v) is 5.44. The van der Waals surface area contributed by atoms with E-state index in [1.807, 2.05) is 6.92 Å². The molecule has 0 aromatic carbocycles. The molecule has 21 heavy (non-hydrogen) atoms. The lowest BCUT2D eigenvalue weighted by atomic mass is 9.94. The third-order valence-electron chi connectivity index (χ3n) is 4.53. The zero-order valence-corrected chi connectivity index (χ0v) is 13.7. The van der Waals surface area contributed by atoms with E-state index in [1.165, 1.54) is 25.9 Å². The molecule has 1 amide bonds. The molecule has 1 aromatic rings. The van der Waals surface area contributed by atoms with E-state index in [9.17, 15) is 4.79 Å². The van der Waals surface area contributed by atoms with Crippen LogP contribution in [-0.2, 0) is 11.3 Å². The van der Waals surface area contributed by atoms with Crippen molar-refractivity contribution >= 4 is 22.4 Å². The highest BCUT2D eigenvalue weighted by molar-refractivity contribution is 7.14. The van der Waals surface area contributed by atoms with Crippen molar-refractivity contribution in [2.24, 2.45) is 5.92 Å². The monoisotopic (exact) mass is 308 g/mol. The van der Waals surface area contributed by atoms with Gasteiger partial charge >= 0.3 is 0 Å². The molecule has 2 saturated heterocycles. The van der Waals surface area contributed by atoms with Crippen molar-refractivity contribution in [2.45, 2.75) is 39.3 Å². The lowest BCUT2D eigenvalue weighted by Gasteiger charge is -2.24. The van der Waals surface area contributed by atoms with Gasteiger partial charge in [0.25, 0.3) is 0 Å². The minimum atomic E-state index is 0.0646. The molecule has 2 aliphatic heterocycles. The number of piperidine rings is 1. The van der Waals surface area contributed by atoms with Crippen LogP contribution in [0.4, 0.5) is 5.13 Å². The van der Waals surface area contributed by atoms with Gasteiger partial charge in [-0.2, -0.15) is 0 Å². The van der Waals surface area contributed by atoms with Gasteiger partial charge in [-0.25, -0.2) is 4.98 Å². The molecule has 5 nitrogen and oxygen atoms in total. The second-order valence-corrected chi connectivity index (χ2v) is 6.88. The fraction of sp³-hybridized carbons (Fsp3) is 0.733. The van der Waals surface area contributed by atoms with Gasteiger partial charge in [0, 0.05) is 44.5 Å². The quantitative estimate of drug-likeness (QED) is 0.920. The first-order valence-corrected chi connectivity index (χ1v) is 8.73. The van der Waals surface area contributed by atoms with Gasteiger partial charge in [-0.15, -0.1) is 11.3 Å². The first kappa shape index (κ1) is 14.9. The molecular formula is C15H24N4OS. The third kappa shape index (κ3) is 3.27. The Hall–Kier alpha value is -0.980. The summed E-state index contributed by atoms with van der Waals surface area (Å²) >= 11 is 1.57. The number of carbonyl (C=O) groups excluding carboxylic acids is 1. The molecule has 2 atom stereocenters. The lowest BCUT2D eigenvalue weighted by molar-refractivity contribution is -0.116. The van der Waals surface area contributed by atoms with Crippen molar-refractivity contribution in [3.8, 4) is 0 Å². The Morgan fingerprint density at radius 3 is 3.14 bits per heavy atom. The number of likely N-dealkylation sites (tertiary alicyclic amines) is 1. The molecule has 2 fully saturated rings. The van der Waals surface area contributed by atoms with Gasteiger partial charge in [-0.3, -0.25) is 14.6 Å². The van der Waals surface area contributed by atoms with E-state index in [1.54, 1.807) is 23.2 Å². The normalized spacial score (nSPS) is 25.8. The minimum absolute atomic E-state index is 0.0646. The average molecular weight is 308 g/mol. The molecule has 6 heteroatoms. The maximum absolute atomic E-state index is 11.6. The molecule has 1 aromatic heterocycles. The molecule has 116 valence electrons. The number of nitrogens with zero attached hydrogens (tertiary/aromatic N) is 3. The van der Waals surface area contributed by atoms with Gasteiger partial charge < -0.3 is 5.32 Å². The second kappa shape index (κ2) is 6.42. The number of rotatable bonds is 4. The standard InChI is InChI=1S/C15H24N4OS/c1-3-19(11(2)20)15-17-13(10-21-15)8-18-7-12-5-4-6-16-14(12)9-18/h10,12,14,16H,3-9H2,1-2H3/t12-,14+/m0/s1. The number of fused-ring (bicyclic) bond motifs is 1. The smallest absolute Gasteiger partial charge is 0.225 e. The van der Waals surface area contributed by atoms with Crippen molar-refractivity contribution in [2.75, 3.05) is 31.1 Å². The first-order valence-electron chi connectivity index (χ1n) is 7.85. The number of hydrogen-bond donors (Lipinski definition) is 1. The van der Waals surface area contributed by atoms with Crippen LogP contribution < -0.4 is 10.2 Å². The summed E-state index contributed by atoms with van der Waals surface area (Å²) in [5, 5.41) is 6.55. The molecule has 0 spiro atoms. The van der Waals surface area contributed by atoms with Crippen molar-refractivity contribution < 1.29 is 4.79 Å². The summed E-state index contributed by atoms with van der Waals surface area (Å²) in [6.45, 7) is 8.64. The Morgan fingerprint density at radius 1 is 1.57 bits per heavy atom. The fourth-order valence-corrected chi connectivity index (χ4v) is 4.40. The largest absolute Gasteiger partial charge is 0.312 e. The van der Waals surface area contributed by atoms with Gasteiger partial charge in [0.15, 0.2) is 5.13 Å². The Balaban J connectivity index is 1.61. The summed E-state index contributed by atoms with van der Waals surface area (Å²) in [4.78, 5) is 20.5. The van der Waals surface area contributed by atoms with Crippen LogP contribution in [0.5, 0.6) is 0 Å². The van der Waals surface area contributed by atoms with E-state index in [-0.39, 0.29) is 5.91 Å². The number of aromatic nitrogens is 1. The van der Waals surface area contributed by atoms with Crippen molar-refractivity contribution in [1.29, 1.82) is 0 Å². The number of thiazole rings is 1. The molecule has 1 N–H and O–H groups in total. The van der Waals surface area contributed by atoms with Crippen LogP contribution in [0, 0.1) is 5.92 Å². The zero-order valence-electron chi connectivity index (χ0n) is 12.8. The number of carbonyl (C=O) groups is 1. The Bertz CT molecular complexity index is 490. The minimum Gasteiger partial charge on any atom is -0.312 e. The van der Waals surface area contributed by atoms with E-state index >= 15 is 0 Å². The topological polar surface area (TPSA) is 48.5 Å². The highest BCUT2D eigenvalue weighted by atomic mass is 32.1. The molecule has 3 heterocycles. The highest BCUT2D eigenvalue weighted by Crippen LogP contribution is 2.27. The van der Waals surface area contributed by atoms with Crippen LogP contribution in [0.3, 0.4) is 0 Å². The van der Waals surface area contributed by atoms with Crippen molar-refractivity contribution in [3.63, 3.8) is 0 Å². The molecule has 0 unspecified atom stereocenters. The predicted octanol–water partition coefficient (Wildman–Crippen LogP) is 1.70. The summed E-state index contributed by atoms with van der Waals surface area (Å²) < 4.78 is 0. The van der Waals surface area contributed by atoms with Gasteiger partial charge in [-0.1, -0.05) is 0 Å². The lowest BCUT2D eigenvalue weighted by Crippen LogP contribution is -2.40. The van der Waals surface area contributed by atoms with Crippen LogP contribution in [0.25, 0.3) is 0 Å². The summed E-state index contributed by atoms with van der Waals surface area (Å²) in [6, 6.07) is 0.668. The molecule has 0 radical (unpaired) electrons. The molecular weight excluding hydrogens is 284 g/mol. The van der Waals surface area contributed by atoms with E-state index in [4.69, 9.17) is 0 Å². The number of nitrogens with one attached hydrogen (secondary N) is 1. The predicted molar refractivity (Wildman–Crippen MR) is 85.6 cm³/mol. The van der Waals surface area contributed by atoms with E-state index in [0.29, 0.717) is 12.6 Å². The maximum Gasteiger partial charge on any atom is 0.225 e. The SMILES string of the molecule is CCN(C(C)=O)c1nc(CN2C[C@@H]3CCCN[C@@H]3C2)cs1. The fourth-order valence-electron chi connectivity index (χ4n) is 3.48. The average Bonchev–Trinajstić information content (AvgIpc) is 3.06. The number of anilines is 1. The highest BCUT2D eigenvalue weighted by Gasteiger charge is 2.34. The molecule has 2 aliphatic rings. The first-order chi connectivity index (χ1) is 10.2. The van der Waals surface area contributed by atoms with E-state index < -0.39 is 0 Å². The van der Waals surface area contributed by atoms with Gasteiger partial charge in [0.05, 0.1) is 5.69 Å². The van der Waals surface area contributed by atoms with Gasteiger partial charge in [-0.05, 0) is 32.2 Å². The van der Waals surface area contributed by atoms with Crippen LogP contribution in [-0.4, -0.2) is 48.0 Å². The van der Waals surface area contributed by atoms with E-state index in [2.05, 4.69) is 20.6 Å². The van der Waals surface area contributed by atoms with E-state index in [0.717, 1.165) is 29.8 Å².